The predicted octanol–water partition coefficient (Wildman–Crippen LogP) is 21.5. The number of hydrogen-bond acceptors (Lipinski definition) is 4. The molecule has 0 saturated carbocycles. The molecule has 0 unspecified atom stereocenters. The number of aryl methyl sites for hydroxylation is 2. The highest BCUT2D eigenvalue weighted by atomic mass is 16.3. The Hall–Kier alpha value is -9.12. The van der Waals surface area contributed by atoms with E-state index in [9.17, 15) is 0 Å². The molecule has 0 atom stereocenters. The van der Waals surface area contributed by atoms with Crippen LogP contribution in [0.2, 0.25) is 0 Å². The highest BCUT2D eigenvalue weighted by Gasteiger charge is 2.27. The van der Waals surface area contributed by atoms with Gasteiger partial charge in [-0.05, 0) is 118 Å². The van der Waals surface area contributed by atoms with E-state index in [0.29, 0.717) is 11.8 Å². The molecule has 0 amide bonds. The number of hydrogen-bond donors (Lipinski definition) is 0. The van der Waals surface area contributed by atoms with Crippen molar-refractivity contribution in [2.75, 3.05) is 9.80 Å². The van der Waals surface area contributed by atoms with E-state index in [2.05, 4.69) is 270 Å². The Morgan fingerprint density at radius 3 is 1.05 bits per heavy atom. The molecule has 0 N–H and O–H groups in total. The molecule has 2 aromatic heterocycles. The predicted molar refractivity (Wildman–Crippen MR) is 323 cm³/mol. The van der Waals surface area contributed by atoms with Crippen molar-refractivity contribution in [3.63, 3.8) is 0 Å². The minimum Gasteiger partial charge on any atom is -0.453 e. The average molecular weight is 981 g/mol. The van der Waals surface area contributed by atoms with Gasteiger partial charge in [-0.25, -0.2) is 0 Å². The number of para-hydroxylation sites is 4. The lowest BCUT2D eigenvalue weighted by atomic mass is 9.91. The first-order valence-electron chi connectivity index (χ1n) is 26.7. The quantitative estimate of drug-likeness (QED) is 0.128. The lowest BCUT2D eigenvalue weighted by Gasteiger charge is -2.29. The fourth-order valence-corrected chi connectivity index (χ4v) is 12.2. The van der Waals surface area contributed by atoms with Crippen LogP contribution in [-0.4, -0.2) is 0 Å². The first kappa shape index (κ1) is 45.5. The van der Waals surface area contributed by atoms with Crippen molar-refractivity contribution in [1.29, 1.82) is 0 Å². The van der Waals surface area contributed by atoms with Crippen LogP contribution in [0.3, 0.4) is 0 Å². The van der Waals surface area contributed by atoms with Crippen molar-refractivity contribution in [2.45, 2.75) is 53.4 Å². The Morgan fingerprint density at radius 1 is 0.289 bits per heavy atom. The van der Waals surface area contributed by atoms with E-state index < -0.39 is 0 Å². The maximum Gasteiger partial charge on any atom is 0.159 e. The summed E-state index contributed by atoms with van der Waals surface area (Å²) in [4.78, 5) is 4.82. The molecule has 14 rings (SSSR count). The van der Waals surface area contributed by atoms with Gasteiger partial charge in [0.25, 0.3) is 0 Å². The lowest BCUT2D eigenvalue weighted by Crippen LogP contribution is -2.12. The molecule has 0 spiro atoms. The lowest BCUT2D eigenvalue weighted by molar-refractivity contribution is 0.669. The number of benzene rings is 12. The monoisotopic (exact) mass is 980 g/mol. The first-order valence-corrected chi connectivity index (χ1v) is 26.7. The van der Waals surface area contributed by atoms with Gasteiger partial charge in [-0.1, -0.05) is 209 Å². The number of fused-ring (bicyclic) bond motifs is 6. The molecule has 0 bridgehead atoms. The molecule has 4 nitrogen and oxygen atoms in total. The molecule has 0 saturated heterocycles. The molecule has 76 heavy (non-hydrogen) atoms. The van der Waals surface area contributed by atoms with E-state index in [1.807, 2.05) is 0 Å². The minimum absolute atomic E-state index is 0.359. The van der Waals surface area contributed by atoms with Crippen LogP contribution in [0.4, 0.5) is 34.1 Å². The maximum absolute atomic E-state index is 7.25. The summed E-state index contributed by atoms with van der Waals surface area (Å²) in [5.41, 5.74) is 19.4. The van der Waals surface area contributed by atoms with Gasteiger partial charge in [-0.3, -0.25) is 0 Å². The van der Waals surface area contributed by atoms with Gasteiger partial charge in [0.15, 0.2) is 11.2 Å². The van der Waals surface area contributed by atoms with Crippen LogP contribution in [0.1, 0.15) is 61.8 Å². The van der Waals surface area contributed by atoms with Gasteiger partial charge < -0.3 is 18.6 Å². The van der Waals surface area contributed by atoms with Crippen LogP contribution in [0.25, 0.3) is 98.4 Å². The second-order valence-corrected chi connectivity index (χ2v) is 21.3. The van der Waals surface area contributed by atoms with E-state index in [1.54, 1.807) is 0 Å². The van der Waals surface area contributed by atoms with Gasteiger partial charge in [0.2, 0.25) is 0 Å². The van der Waals surface area contributed by atoms with Gasteiger partial charge >= 0.3 is 0 Å². The van der Waals surface area contributed by atoms with Gasteiger partial charge in [-0.15, -0.1) is 0 Å². The third kappa shape index (κ3) is 7.12. The molecular formula is C72H56N2O2. The van der Waals surface area contributed by atoms with E-state index in [0.717, 1.165) is 99.9 Å². The highest BCUT2D eigenvalue weighted by molar-refractivity contribution is 6.29. The van der Waals surface area contributed by atoms with E-state index in [-0.39, 0.29) is 0 Å². The van der Waals surface area contributed by atoms with Crippen molar-refractivity contribution in [2.24, 2.45) is 0 Å². The molecule has 366 valence electrons. The Kier molecular flexibility index (Phi) is 10.6. The smallest absolute Gasteiger partial charge is 0.159 e. The summed E-state index contributed by atoms with van der Waals surface area (Å²) < 4.78 is 14.5. The Bertz CT molecular complexity index is 4260. The number of anilines is 6. The molecule has 0 aliphatic heterocycles. The third-order valence-corrected chi connectivity index (χ3v) is 15.9. The fraction of sp³-hybridized carbons (Fsp3) is 0.111. The van der Waals surface area contributed by atoms with E-state index in [4.69, 9.17) is 8.83 Å². The Balaban J connectivity index is 0.993. The third-order valence-electron chi connectivity index (χ3n) is 15.9. The normalized spacial score (nSPS) is 12.1. The van der Waals surface area contributed by atoms with Crippen LogP contribution in [-0.2, 0) is 0 Å². The van der Waals surface area contributed by atoms with Crippen LogP contribution < -0.4 is 9.80 Å². The summed E-state index contributed by atoms with van der Waals surface area (Å²) in [7, 11) is 0. The van der Waals surface area contributed by atoms with Crippen molar-refractivity contribution < 1.29 is 8.83 Å². The highest BCUT2D eigenvalue weighted by Crippen LogP contribution is 2.51. The number of nitrogens with zero attached hydrogens (tertiary/aromatic N) is 2. The standard InChI is InChI=1S/C72H56N2O2/c1-43(2)51-15-7-9-17-53(51)55-19-11-21-57-59-23-13-25-65(71(59)75-69(55)57)73(49-35-27-45(5)28-36-49)63-41-33-47-32-40-62-64(42-34-48-31-39-61(63)67(47)68(48)62)74(50-37-29-46(6)30-38-50)66-26-14-24-60-58-22-12-20-56(70(58)76-72(60)66)54-18-10-8-16-52(54)44(3)4/h7-44H,1-6H3. The summed E-state index contributed by atoms with van der Waals surface area (Å²) in [6.45, 7) is 13.3. The molecule has 0 fully saturated rings. The number of rotatable bonds is 10. The van der Waals surface area contributed by atoms with Crippen LogP contribution in [0, 0.1) is 13.8 Å². The zero-order valence-electron chi connectivity index (χ0n) is 43.7. The molecule has 0 aliphatic rings. The van der Waals surface area contributed by atoms with Gasteiger partial charge in [0, 0.05) is 54.8 Å². The number of furan rings is 2. The molecular weight excluding hydrogens is 925 g/mol. The summed E-state index contributed by atoms with van der Waals surface area (Å²) in [6, 6.07) is 80.1. The van der Waals surface area contributed by atoms with Crippen molar-refractivity contribution >= 4 is 110 Å². The van der Waals surface area contributed by atoms with Crippen LogP contribution in [0.5, 0.6) is 0 Å². The zero-order chi connectivity index (χ0) is 51.3. The molecule has 4 heteroatoms. The second kappa shape index (κ2) is 17.8. The Labute approximate surface area is 443 Å². The molecule has 0 radical (unpaired) electrons. The first-order chi connectivity index (χ1) is 37.2. The summed E-state index contributed by atoms with van der Waals surface area (Å²) >= 11 is 0. The Morgan fingerprint density at radius 2 is 0.645 bits per heavy atom. The van der Waals surface area contributed by atoms with Gasteiger partial charge in [-0.2, -0.15) is 0 Å². The van der Waals surface area contributed by atoms with Crippen LogP contribution in [0.15, 0.2) is 227 Å². The molecule has 14 aromatic rings. The minimum atomic E-state index is 0.359. The maximum atomic E-state index is 7.25. The van der Waals surface area contributed by atoms with E-state index >= 15 is 0 Å². The second-order valence-electron chi connectivity index (χ2n) is 21.3. The van der Waals surface area contributed by atoms with Crippen LogP contribution >= 0.6 is 0 Å². The van der Waals surface area contributed by atoms with Crippen molar-refractivity contribution in [1.82, 2.24) is 0 Å². The summed E-state index contributed by atoms with van der Waals surface area (Å²) in [5, 5.41) is 11.5. The largest absolute Gasteiger partial charge is 0.453 e. The van der Waals surface area contributed by atoms with Crippen molar-refractivity contribution in [3.8, 4) is 22.3 Å². The van der Waals surface area contributed by atoms with E-state index in [1.165, 1.54) is 54.9 Å². The SMILES string of the molecule is Cc1ccc(N(c2ccc3ccc4c(N(c5ccc(C)cc5)c5cccc6c5oc5c(-c7ccccc7C(C)C)cccc56)ccc5ccc2c3c54)c2cccc3c2oc2c(-c4ccccc4C(C)C)cccc23)cc1. The molecule has 2 heterocycles. The average Bonchev–Trinajstić information content (AvgIpc) is 4.18. The van der Waals surface area contributed by atoms with Gasteiger partial charge in [0.1, 0.15) is 11.2 Å². The van der Waals surface area contributed by atoms with Crippen molar-refractivity contribution in [3.05, 3.63) is 241 Å². The molecule has 0 aliphatic carbocycles. The van der Waals surface area contributed by atoms with Gasteiger partial charge in [0.05, 0.1) is 22.7 Å². The topological polar surface area (TPSA) is 32.8 Å². The zero-order valence-corrected chi connectivity index (χ0v) is 43.7. The molecule has 12 aromatic carbocycles. The summed E-state index contributed by atoms with van der Waals surface area (Å²) in [6.07, 6.45) is 0. The summed E-state index contributed by atoms with van der Waals surface area (Å²) in [5.74, 6) is 0.718. The fourth-order valence-electron chi connectivity index (χ4n) is 12.2.